The molecule has 4 rings (SSSR count). The number of hydrogen-bond donors (Lipinski definition) is 1. The van der Waals surface area contributed by atoms with Gasteiger partial charge in [0.05, 0.1) is 17.6 Å². The summed E-state index contributed by atoms with van der Waals surface area (Å²) in [5.41, 5.74) is 1.53. The molecular weight excluding hydrogens is 456 g/mol. The summed E-state index contributed by atoms with van der Waals surface area (Å²) in [7, 11) is 1.56. The third kappa shape index (κ3) is 5.81. The molecule has 9 heteroatoms. The highest BCUT2D eigenvalue weighted by molar-refractivity contribution is 7.13. The van der Waals surface area contributed by atoms with Crippen LogP contribution < -0.4 is 14.8 Å². The lowest BCUT2D eigenvalue weighted by Gasteiger charge is -2.09. The molecule has 1 N–H and O–H groups in total. The van der Waals surface area contributed by atoms with E-state index < -0.39 is 5.97 Å². The number of amides is 1. The molecule has 1 amide bonds. The molecule has 2 heterocycles. The zero-order valence-electron chi connectivity index (χ0n) is 18.6. The minimum atomic E-state index is -0.498. The van der Waals surface area contributed by atoms with Crippen LogP contribution in [0.25, 0.3) is 10.8 Å². The number of nitrogens with zero attached hydrogens (tertiary/aromatic N) is 1. The number of benzene rings is 2. The van der Waals surface area contributed by atoms with E-state index in [2.05, 4.69) is 10.3 Å². The maximum absolute atomic E-state index is 12.4. The summed E-state index contributed by atoms with van der Waals surface area (Å²) in [5.74, 6) is 1.39. The molecule has 0 unspecified atom stereocenters. The van der Waals surface area contributed by atoms with E-state index in [4.69, 9.17) is 18.6 Å². The molecule has 0 aliphatic heterocycles. The Morgan fingerprint density at radius 2 is 1.88 bits per heavy atom. The third-order valence-electron chi connectivity index (χ3n) is 4.78. The second-order valence-electron chi connectivity index (χ2n) is 7.17. The maximum Gasteiger partial charge on any atom is 0.338 e. The first-order valence-corrected chi connectivity index (χ1v) is 11.2. The van der Waals surface area contributed by atoms with Crippen molar-refractivity contribution in [2.75, 3.05) is 19.0 Å². The lowest BCUT2D eigenvalue weighted by atomic mass is 10.2. The number of nitrogens with one attached hydrogen (secondary N) is 1. The van der Waals surface area contributed by atoms with Crippen LogP contribution in [0.15, 0.2) is 70.5 Å². The van der Waals surface area contributed by atoms with Gasteiger partial charge in [0.25, 0.3) is 5.91 Å². The van der Waals surface area contributed by atoms with Crippen molar-refractivity contribution < 1.29 is 28.2 Å². The van der Waals surface area contributed by atoms with Gasteiger partial charge in [-0.1, -0.05) is 12.1 Å². The number of oxazole rings is 1. The highest BCUT2D eigenvalue weighted by Crippen LogP contribution is 2.26. The largest absolute Gasteiger partial charge is 0.497 e. The Morgan fingerprint density at radius 3 is 2.62 bits per heavy atom. The molecule has 8 nitrogen and oxygen atoms in total. The van der Waals surface area contributed by atoms with Gasteiger partial charge in [0.15, 0.2) is 6.61 Å². The minimum absolute atomic E-state index is 0.00222. The van der Waals surface area contributed by atoms with E-state index in [0.29, 0.717) is 40.1 Å². The van der Waals surface area contributed by atoms with Crippen LogP contribution in [-0.4, -0.2) is 30.6 Å². The number of esters is 1. The van der Waals surface area contributed by atoms with Crippen molar-refractivity contribution in [3.05, 3.63) is 83.1 Å². The molecular formula is C25H22N2O6S. The Labute approximate surface area is 200 Å². The normalized spacial score (nSPS) is 10.5. The summed E-state index contributed by atoms with van der Waals surface area (Å²) in [4.78, 5) is 29.8. The summed E-state index contributed by atoms with van der Waals surface area (Å²) in [6, 6.07) is 17.2. The van der Waals surface area contributed by atoms with Crippen LogP contribution >= 0.6 is 11.3 Å². The molecule has 0 radical (unpaired) electrons. The van der Waals surface area contributed by atoms with E-state index in [9.17, 15) is 9.59 Å². The average Bonchev–Trinajstić information content (AvgIpc) is 3.51. The van der Waals surface area contributed by atoms with Gasteiger partial charge in [0, 0.05) is 11.8 Å². The van der Waals surface area contributed by atoms with Gasteiger partial charge in [-0.3, -0.25) is 4.79 Å². The van der Waals surface area contributed by atoms with Gasteiger partial charge in [0.1, 0.15) is 29.6 Å². The number of aryl methyl sites for hydroxylation is 1. The number of carbonyl (C=O) groups excluding carboxylic acids is 2. The standard InChI is InChI=1S/C25H22N2O6S/c1-16-21(27-24(33-16)22-7-4-12-34-22)14-32-25(29)17-8-10-19(11-9-17)31-15-23(28)26-18-5-3-6-20(13-18)30-2/h3-13H,14-15H2,1-2H3,(H,26,28). The fraction of sp³-hybridized carbons (Fsp3) is 0.160. The maximum atomic E-state index is 12.4. The van der Waals surface area contributed by atoms with Gasteiger partial charge < -0.3 is 23.9 Å². The monoisotopic (exact) mass is 478 g/mol. The van der Waals surface area contributed by atoms with Gasteiger partial charge in [-0.15, -0.1) is 11.3 Å². The Bertz CT molecular complexity index is 1270. The van der Waals surface area contributed by atoms with Crippen molar-refractivity contribution in [2.24, 2.45) is 0 Å². The second kappa shape index (κ2) is 10.7. The fourth-order valence-corrected chi connectivity index (χ4v) is 3.67. The van der Waals surface area contributed by atoms with E-state index in [1.807, 2.05) is 17.5 Å². The molecule has 0 fully saturated rings. The van der Waals surface area contributed by atoms with Crippen molar-refractivity contribution in [1.82, 2.24) is 4.98 Å². The van der Waals surface area contributed by atoms with Crippen LogP contribution in [0.3, 0.4) is 0 Å². The number of carbonyl (C=O) groups is 2. The molecule has 2 aromatic carbocycles. The number of thiophene rings is 1. The molecule has 2 aromatic heterocycles. The number of ether oxygens (including phenoxy) is 3. The summed E-state index contributed by atoms with van der Waals surface area (Å²) in [6.07, 6.45) is 0. The zero-order valence-corrected chi connectivity index (χ0v) is 19.4. The number of anilines is 1. The highest BCUT2D eigenvalue weighted by atomic mass is 32.1. The molecule has 34 heavy (non-hydrogen) atoms. The number of aromatic nitrogens is 1. The van der Waals surface area contributed by atoms with Crippen molar-refractivity contribution in [3.8, 4) is 22.3 Å². The van der Waals surface area contributed by atoms with Crippen molar-refractivity contribution in [2.45, 2.75) is 13.5 Å². The van der Waals surface area contributed by atoms with Crippen LogP contribution in [0, 0.1) is 6.92 Å². The van der Waals surface area contributed by atoms with Gasteiger partial charge in [0.2, 0.25) is 5.89 Å². The number of hydrogen-bond acceptors (Lipinski definition) is 8. The summed E-state index contributed by atoms with van der Waals surface area (Å²) >= 11 is 1.52. The van der Waals surface area contributed by atoms with E-state index in [1.54, 1.807) is 62.6 Å². The molecule has 0 aliphatic carbocycles. The Balaban J connectivity index is 1.27. The lowest BCUT2D eigenvalue weighted by molar-refractivity contribution is -0.118. The summed E-state index contributed by atoms with van der Waals surface area (Å²) < 4.78 is 21.7. The smallest absolute Gasteiger partial charge is 0.338 e. The first kappa shape index (κ1) is 23.1. The predicted molar refractivity (Wildman–Crippen MR) is 127 cm³/mol. The third-order valence-corrected chi connectivity index (χ3v) is 5.64. The molecule has 0 spiro atoms. The van der Waals surface area contributed by atoms with Crippen molar-refractivity contribution >= 4 is 28.9 Å². The highest BCUT2D eigenvalue weighted by Gasteiger charge is 2.15. The van der Waals surface area contributed by atoms with E-state index >= 15 is 0 Å². The first-order chi connectivity index (χ1) is 16.5. The molecule has 174 valence electrons. The first-order valence-electron chi connectivity index (χ1n) is 10.4. The van der Waals surface area contributed by atoms with E-state index in [1.165, 1.54) is 11.3 Å². The Hall–Kier alpha value is -4.11. The molecule has 0 saturated heterocycles. The number of methoxy groups -OCH3 is 1. The number of rotatable bonds is 9. The quantitative estimate of drug-likeness (QED) is 0.334. The lowest BCUT2D eigenvalue weighted by Crippen LogP contribution is -2.20. The van der Waals surface area contributed by atoms with Crippen molar-refractivity contribution in [1.29, 1.82) is 0 Å². The SMILES string of the molecule is COc1cccc(NC(=O)COc2ccc(C(=O)OCc3nc(-c4cccs4)oc3C)cc2)c1. The fourth-order valence-electron chi connectivity index (χ4n) is 3.02. The van der Waals surface area contributed by atoms with Crippen LogP contribution in [0.5, 0.6) is 11.5 Å². The van der Waals surface area contributed by atoms with Crippen LogP contribution in [0.4, 0.5) is 5.69 Å². The molecule has 4 aromatic rings. The minimum Gasteiger partial charge on any atom is -0.497 e. The molecule has 0 bridgehead atoms. The molecule has 0 aliphatic rings. The van der Waals surface area contributed by atoms with Gasteiger partial charge in [-0.05, 0) is 54.8 Å². The molecule has 0 saturated carbocycles. The second-order valence-corrected chi connectivity index (χ2v) is 8.12. The molecule has 0 atom stereocenters. The zero-order chi connectivity index (χ0) is 23.9. The van der Waals surface area contributed by atoms with Crippen molar-refractivity contribution in [3.63, 3.8) is 0 Å². The van der Waals surface area contributed by atoms with Crippen LogP contribution in [0.1, 0.15) is 21.8 Å². The Morgan fingerprint density at radius 1 is 1.06 bits per heavy atom. The summed E-state index contributed by atoms with van der Waals surface area (Å²) in [5, 5.41) is 4.67. The van der Waals surface area contributed by atoms with Gasteiger partial charge in [-0.2, -0.15) is 0 Å². The predicted octanol–water partition coefficient (Wildman–Crippen LogP) is 5.09. The van der Waals surface area contributed by atoms with E-state index in [0.717, 1.165) is 4.88 Å². The van der Waals surface area contributed by atoms with Gasteiger partial charge in [-0.25, -0.2) is 9.78 Å². The topological polar surface area (TPSA) is 99.9 Å². The summed E-state index contributed by atoms with van der Waals surface area (Å²) in [6.45, 7) is 1.60. The van der Waals surface area contributed by atoms with E-state index in [-0.39, 0.29) is 19.1 Å². The average molecular weight is 479 g/mol. The van der Waals surface area contributed by atoms with Crippen LogP contribution in [0.2, 0.25) is 0 Å². The van der Waals surface area contributed by atoms with Gasteiger partial charge >= 0.3 is 5.97 Å². The van der Waals surface area contributed by atoms with Crippen LogP contribution in [-0.2, 0) is 16.1 Å². The Kier molecular flexibility index (Phi) is 7.24.